The Kier molecular flexibility index (Phi) is 3.14. The SMILES string of the molecule is CCCCCn1ncc(C)c1N. The number of hydrogen-bond donors (Lipinski definition) is 1. The summed E-state index contributed by atoms with van der Waals surface area (Å²) in [4.78, 5) is 0. The van der Waals surface area contributed by atoms with Crippen LogP contribution in [-0.4, -0.2) is 9.78 Å². The molecule has 1 aromatic rings. The molecule has 0 radical (unpaired) electrons. The van der Waals surface area contributed by atoms with Crippen molar-refractivity contribution in [2.75, 3.05) is 5.73 Å². The molecule has 1 heterocycles. The van der Waals surface area contributed by atoms with Gasteiger partial charge in [0.25, 0.3) is 0 Å². The van der Waals surface area contributed by atoms with Crippen molar-refractivity contribution in [3.63, 3.8) is 0 Å². The Morgan fingerprint density at radius 2 is 2.25 bits per heavy atom. The maximum atomic E-state index is 5.79. The maximum Gasteiger partial charge on any atom is 0.124 e. The molecular formula is C9H17N3. The Labute approximate surface area is 73.6 Å². The van der Waals surface area contributed by atoms with Crippen LogP contribution in [0.15, 0.2) is 6.20 Å². The van der Waals surface area contributed by atoms with E-state index in [-0.39, 0.29) is 0 Å². The molecule has 0 saturated carbocycles. The lowest BCUT2D eigenvalue weighted by atomic mass is 10.2. The number of nitrogens with zero attached hydrogens (tertiary/aromatic N) is 2. The van der Waals surface area contributed by atoms with Crippen molar-refractivity contribution in [3.05, 3.63) is 11.8 Å². The van der Waals surface area contributed by atoms with Crippen LogP contribution in [0.1, 0.15) is 31.7 Å². The Balaban J connectivity index is 2.46. The van der Waals surface area contributed by atoms with Crippen LogP contribution in [0.25, 0.3) is 0 Å². The second-order valence-electron chi connectivity index (χ2n) is 3.14. The van der Waals surface area contributed by atoms with Crippen molar-refractivity contribution in [2.45, 2.75) is 39.7 Å². The van der Waals surface area contributed by atoms with Gasteiger partial charge in [-0.05, 0) is 13.3 Å². The lowest BCUT2D eigenvalue weighted by molar-refractivity contribution is 0.559. The third-order valence-electron chi connectivity index (χ3n) is 2.05. The van der Waals surface area contributed by atoms with Crippen LogP contribution in [0.3, 0.4) is 0 Å². The summed E-state index contributed by atoms with van der Waals surface area (Å²) in [6, 6.07) is 0. The predicted octanol–water partition coefficient (Wildman–Crippen LogP) is 1.96. The topological polar surface area (TPSA) is 43.8 Å². The van der Waals surface area contributed by atoms with Gasteiger partial charge in [0.2, 0.25) is 0 Å². The number of anilines is 1. The van der Waals surface area contributed by atoms with Crippen LogP contribution in [0.2, 0.25) is 0 Å². The minimum atomic E-state index is 0.811. The fourth-order valence-corrected chi connectivity index (χ4v) is 1.18. The van der Waals surface area contributed by atoms with Gasteiger partial charge in [0.1, 0.15) is 5.82 Å². The third-order valence-corrected chi connectivity index (χ3v) is 2.05. The van der Waals surface area contributed by atoms with Crippen molar-refractivity contribution < 1.29 is 0 Å². The first-order valence-corrected chi connectivity index (χ1v) is 4.53. The van der Waals surface area contributed by atoms with Gasteiger partial charge in [-0.1, -0.05) is 19.8 Å². The summed E-state index contributed by atoms with van der Waals surface area (Å²) in [6.45, 7) is 5.13. The van der Waals surface area contributed by atoms with Crippen molar-refractivity contribution in [1.82, 2.24) is 9.78 Å². The lowest BCUT2D eigenvalue weighted by Crippen LogP contribution is -2.04. The fourth-order valence-electron chi connectivity index (χ4n) is 1.18. The van der Waals surface area contributed by atoms with E-state index in [1.54, 1.807) is 0 Å². The minimum Gasteiger partial charge on any atom is -0.384 e. The second-order valence-corrected chi connectivity index (χ2v) is 3.14. The third kappa shape index (κ3) is 2.00. The van der Waals surface area contributed by atoms with E-state index < -0.39 is 0 Å². The molecule has 0 aliphatic heterocycles. The van der Waals surface area contributed by atoms with Crippen LogP contribution in [0, 0.1) is 6.92 Å². The van der Waals surface area contributed by atoms with E-state index in [4.69, 9.17) is 5.73 Å². The van der Waals surface area contributed by atoms with Gasteiger partial charge in [-0.3, -0.25) is 0 Å². The number of rotatable bonds is 4. The Bertz CT molecular complexity index is 240. The van der Waals surface area contributed by atoms with Crippen LogP contribution in [-0.2, 0) is 6.54 Å². The van der Waals surface area contributed by atoms with Gasteiger partial charge < -0.3 is 5.73 Å². The Hall–Kier alpha value is -0.990. The Morgan fingerprint density at radius 3 is 2.75 bits per heavy atom. The molecule has 1 rings (SSSR count). The van der Waals surface area contributed by atoms with Crippen molar-refractivity contribution in [1.29, 1.82) is 0 Å². The first kappa shape index (κ1) is 9.10. The standard InChI is InChI=1S/C9H17N3/c1-3-4-5-6-12-9(10)8(2)7-11-12/h7H,3-6,10H2,1-2H3. The smallest absolute Gasteiger partial charge is 0.124 e. The van der Waals surface area contributed by atoms with Gasteiger partial charge in [0, 0.05) is 12.1 Å². The molecule has 0 aromatic carbocycles. The minimum absolute atomic E-state index is 0.811. The van der Waals surface area contributed by atoms with Gasteiger partial charge >= 0.3 is 0 Å². The van der Waals surface area contributed by atoms with E-state index in [0.717, 1.165) is 17.9 Å². The Morgan fingerprint density at radius 1 is 1.50 bits per heavy atom. The molecule has 68 valence electrons. The average molecular weight is 167 g/mol. The molecule has 0 spiro atoms. The summed E-state index contributed by atoms with van der Waals surface area (Å²) < 4.78 is 1.88. The fraction of sp³-hybridized carbons (Fsp3) is 0.667. The highest BCUT2D eigenvalue weighted by molar-refractivity contribution is 5.36. The summed E-state index contributed by atoms with van der Waals surface area (Å²) in [7, 11) is 0. The number of unbranched alkanes of at least 4 members (excludes halogenated alkanes) is 2. The van der Waals surface area contributed by atoms with Gasteiger partial charge in [-0.2, -0.15) is 5.10 Å². The number of aromatic nitrogens is 2. The normalized spacial score (nSPS) is 10.5. The summed E-state index contributed by atoms with van der Waals surface area (Å²) in [5, 5.41) is 4.18. The lowest BCUT2D eigenvalue weighted by Gasteiger charge is -2.02. The van der Waals surface area contributed by atoms with Gasteiger partial charge in [0.15, 0.2) is 0 Å². The summed E-state index contributed by atoms with van der Waals surface area (Å²) in [6.07, 6.45) is 5.47. The molecule has 0 fully saturated rings. The molecule has 12 heavy (non-hydrogen) atoms. The molecule has 0 unspecified atom stereocenters. The predicted molar refractivity (Wildman–Crippen MR) is 50.9 cm³/mol. The molecule has 0 amide bonds. The number of nitrogen functional groups attached to an aromatic ring is 1. The molecular weight excluding hydrogens is 150 g/mol. The van der Waals surface area contributed by atoms with Gasteiger partial charge in [0.05, 0.1) is 6.20 Å². The zero-order chi connectivity index (χ0) is 8.97. The van der Waals surface area contributed by atoms with Crippen molar-refractivity contribution in [3.8, 4) is 0 Å². The summed E-state index contributed by atoms with van der Waals surface area (Å²) in [5.74, 6) is 0.811. The van der Waals surface area contributed by atoms with Crippen LogP contribution >= 0.6 is 0 Å². The summed E-state index contributed by atoms with van der Waals surface area (Å²) >= 11 is 0. The van der Waals surface area contributed by atoms with Crippen LogP contribution in [0.5, 0.6) is 0 Å². The molecule has 0 aliphatic carbocycles. The largest absolute Gasteiger partial charge is 0.384 e. The van der Waals surface area contributed by atoms with E-state index in [9.17, 15) is 0 Å². The monoisotopic (exact) mass is 167 g/mol. The highest BCUT2D eigenvalue weighted by Crippen LogP contribution is 2.09. The molecule has 3 nitrogen and oxygen atoms in total. The van der Waals surface area contributed by atoms with E-state index in [1.807, 2.05) is 17.8 Å². The van der Waals surface area contributed by atoms with Crippen molar-refractivity contribution >= 4 is 5.82 Å². The number of aryl methyl sites for hydroxylation is 2. The maximum absolute atomic E-state index is 5.79. The zero-order valence-corrected chi connectivity index (χ0v) is 7.88. The molecule has 1 aromatic heterocycles. The molecule has 0 bridgehead atoms. The van der Waals surface area contributed by atoms with E-state index in [2.05, 4.69) is 12.0 Å². The molecule has 2 N–H and O–H groups in total. The first-order chi connectivity index (χ1) is 5.75. The second kappa shape index (κ2) is 4.14. The first-order valence-electron chi connectivity index (χ1n) is 4.53. The highest BCUT2D eigenvalue weighted by Gasteiger charge is 2.00. The van der Waals surface area contributed by atoms with E-state index in [1.165, 1.54) is 19.3 Å². The highest BCUT2D eigenvalue weighted by atomic mass is 15.3. The molecule has 0 saturated heterocycles. The zero-order valence-electron chi connectivity index (χ0n) is 7.88. The number of nitrogens with two attached hydrogens (primary N) is 1. The van der Waals surface area contributed by atoms with E-state index >= 15 is 0 Å². The van der Waals surface area contributed by atoms with E-state index in [0.29, 0.717) is 0 Å². The van der Waals surface area contributed by atoms with Crippen molar-refractivity contribution in [2.24, 2.45) is 0 Å². The van der Waals surface area contributed by atoms with Gasteiger partial charge in [-0.25, -0.2) is 4.68 Å². The molecule has 0 atom stereocenters. The molecule has 0 aliphatic rings. The number of hydrogen-bond acceptors (Lipinski definition) is 2. The van der Waals surface area contributed by atoms with Crippen LogP contribution < -0.4 is 5.73 Å². The quantitative estimate of drug-likeness (QED) is 0.697. The average Bonchev–Trinajstić information content (AvgIpc) is 2.36. The molecule has 3 heteroatoms. The van der Waals surface area contributed by atoms with Gasteiger partial charge in [-0.15, -0.1) is 0 Å². The van der Waals surface area contributed by atoms with Crippen LogP contribution in [0.4, 0.5) is 5.82 Å². The summed E-state index contributed by atoms with van der Waals surface area (Å²) in [5.41, 5.74) is 6.86.